The van der Waals surface area contributed by atoms with E-state index < -0.39 is 5.97 Å². The number of para-hydroxylation sites is 1. The monoisotopic (exact) mass is 408 g/mol. The van der Waals surface area contributed by atoms with Gasteiger partial charge in [0.1, 0.15) is 17.8 Å². The Hall–Kier alpha value is -4.28. The molecule has 0 N–H and O–H groups in total. The first-order valence-corrected chi connectivity index (χ1v) is 8.74. The maximum Gasteiger partial charge on any atom is 0.340 e. The van der Waals surface area contributed by atoms with Crippen molar-refractivity contribution in [1.29, 1.82) is 0 Å². The number of hydrogen-bond donors (Lipinski definition) is 0. The lowest BCUT2D eigenvalue weighted by Crippen LogP contribution is -2.10. The van der Waals surface area contributed by atoms with Crippen LogP contribution in [0.4, 0.5) is 0 Å². The molecule has 0 amide bonds. The zero-order chi connectivity index (χ0) is 20.9. The molecule has 11 heteroatoms. The Kier molecular flexibility index (Phi) is 5.33. The van der Waals surface area contributed by atoms with E-state index in [0.29, 0.717) is 34.1 Å². The fraction of sp³-hybridized carbons (Fsp3) is 0.158. The molecule has 30 heavy (non-hydrogen) atoms. The highest BCUT2D eigenvalue weighted by Gasteiger charge is 2.18. The van der Waals surface area contributed by atoms with Crippen molar-refractivity contribution in [2.24, 2.45) is 0 Å². The molecule has 0 aliphatic carbocycles. The maximum atomic E-state index is 12.6. The topological polar surface area (TPSA) is 127 Å². The quantitative estimate of drug-likeness (QED) is 0.419. The first kappa shape index (κ1) is 19.1. The molecule has 2 aromatic carbocycles. The van der Waals surface area contributed by atoms with Gasteiger partial charge in [-0.2, -0.15) is 9.67 Å². The van der Waals surface area contributed by atoms with E-state index in [4.69, 9.17) is 18.7 Å². The largest absolute Gasteiger partial charge is 0.497 e. The molecule has 0 aliphatic heterocycles. The van der Waals surface area contributed by atoms with Gasteiger partial charge in [-0.05, 0) is 34.7 Å². The fourth-order valence-electron chi connectivity index (χ4n) is 2.73. The van der Waals surface area contributed by atoms with E-state index in [1.165, 1.54) is 18.1 Å². The van der Waals surface area contributed by atoms with Gasteiger partial charge in [0, 0.05) is 6.07 Å². The van der Waals surface area contributed by atoms with Crippen LogP contribution in [-0.2, 0) is 11.3 Å². The van der Waals surface area contributed by atoms with E-state index in [2.05, 4.69) is 25.7 Å². The minimum atomic E-state index is -0.581. The number of carbonyl (C=O) groups is 1. The minimum Gasteiger partial charge on any atom is -0.497 e. The molecular formula is C19H16N6O5. The Morgan fingerprint density at radius 3 is 2.77 bits per heavy atom. The number of esters is 1. The highest BCUT2D eigenvalue weighted by Crippen LogP contribution is 2.31. The van der Waals surface area contributed by atoms with Crippen molar-refractivity contribution in [2.45, 2.75) is 6.61 Å². The van der Waals surface area contributed by atoms with Gasteiger partial charge in [-0.3, -0.25) is 0 Å². The van der Waals surface area contributed by atoms with Gasteiger partial charge in [-0.15, -0.1) is 5.10 Å². The Morgan fingerprint density at radius 2 is 2.00 bits per heavy atom. The Labute approximate surface area is 170 Å². The second-order valence-electron chi connectivity index (χ2n) is 5.93. The number of carbonyl (C=O) groups excluding carboxylic acids is 1. The summed E-state index contributed by atoms with van der Waals surface area (Å²) < 4.78 is 22.4. The normalized spacial score (nSPS) is 10.6. The summed E-state index contributed by atoms with van der Waals surface area (Å²) in [5.41, 5.74) is 1.40. The van der Waals surface area contributed by atoms with Crippen LogP contribution in [0.15, 0.2) is 53.3 Å². The molecule has 11 nitrogen and oxygen atoms in total. The number of aromatic nitrogens is 6. The predicted octanol–water partition coefficient (Wildman–Crippen LogP) is 2.09. The third-order valence-corrected chi connectivity index (χ3v) is 4.16. The van der Waals surface area contributed by atoms with Crippen molar-refractivity contribution in [3.05, 3.63) is 60.2 Å². The van der Waals surface area contributed by atoms with Crippen LogP contribution in [0.5, 0.6) is 11.5 Å². The SMILES string of the molecule is COc1ccc(-c2noc(COC(=O)c3ccccc3-n3cnnn3)n2)c(OC)c1. The Balaban J connectivity index is 1.49. The summed E-state index contributed by atoms with van der Waals surface area (Å²) in [6.07, 6.45) is 1.39. The zero-order valence-electron chi connectivity index (χ0n) is 16.1. The van der Waals surface area contributed by atoms with Gasteiger partial charge in [0.25, 0.3) is 5.89 Å². The number of benzene rings is 2. The van der Waals surface area contributed by atoms with Crippen LogP contribution in [0.2, 0.25) is 0 Å². The molecule has 152 valence electrons. The van der Waals surface area contributed by atoms with Crippen LogP contribution < -0.4 is 9.47 Å². The van der Waals surface area contributed by atoms with Gasteiger partial charge in [0.2, 0.25) is 5.82 Å². The van der Waals surface area contributed by atoms with Crippen LogP contribution in [-0.4, -0.2) is 50.5 Å². The highest BCUT2D eigenvalue weighted by molar-refractivity contribution is 5.93. The molecule has 0 saturated heterocycles. The molecule has 0 aliphatic rings. The van der Waals surface area contributed by atoms with Gasteiger partial charge in [0.15, 0.2) is 6.61 Å². The van der Waals surface area contributed by atoms with E-state index in [-0.39, 0.29) is 12.5 Å². The summed E-state index contributed by atoms with van der Waals surface area (Å²) in [4.78, 5) is 16.8. The molecule has 0 bridgehead atoms. The van der Waals surface area contributed by atoms with Crippen molar-refractivity contribution in [3.63, 3.8) is 0 Å². The Morgan fingerprint density at radius 1 is 1.13 bits per heavy atom. The van der Waals surface area contributed by atoms with E-state index in [9.17, 15) is 4.79 Å². The number of hydrogen-bond acceptors (Lipinski definition) is 10. The van der Waals surface area contributed by atoms with Gasteiger partial charge < -0.3 is 18.7 Å². The summed E-state index contributed by atoms with van der Waals surface area (Å²) in [6, 6.07) is 12.0. The van der Waals surface area contributed by atoms with Gasteiger partial charge in [-0.1, -0.05) is 17.3 Å². The molecule has 0 atom stereocenters. The van der Waals surface area contributed by atoms with Crippen LogP contribution >= 0.6 is 0 Å². The number of nitrogens with zero attached hydrogens (tertiary/aromatic N) is 6. The first-order chi connectivity index (χ1) is 14.7. The second-order valence-corrected chi connectivity index (χ2v) is 5.93. The molecule has 4 aromatic rings. The molecule has 0 saturated carbocycles. The van der Waals surface area contributed by atoms with Crippen molar-refractivity contribution in [3.8, 4) is 28.6 Å². The summed E-state index contributed by atoms with van der Waals surface area (Å²) in [6.45, 7) is -0.200. The summed E-state index contributed by atoms with van der Waals surface area (Å²) in [5, 5.41) is 14.9. The summed E-state index contributed by atoms with van der Waals surface area (Å²) in [5.74, 6) is 1.01. The van der Waals surface area contributed by atoms with Gasteiger partial charge in [-0.25, -0.2) is 4.79 Å². The fourth-order valence-corrected chi connectivity index (χ4v) is 2.73. The molecule has 2 heterocycles. The molecule has 0 radical (unpaired) electrons. The molecule has 0 spiro atoms. The highest BCUT2D eigenvalue weighted by atomic mass is 16.6. The maximum absolute atomic E-state index is 12.6. The predicted molar refractivity (Wildman–Crippen MR) is 101 cm³/mol. The standard InChI is InChI=1S/C19H16N6O5/c1-27-12-7-8-14(16(9-12)28-2)18-21-17(30-22-18)10-29-19(26)13-5-3-4-6-15(13)25-11-20-23-24-25/h3-9,11H,10H2,1-2H3. The van der Waals surface area contributed by atoms with Crippen LogP contribution in [0, 0.1) is 0 Å². The van der Waals surface area contributed by atoms with Crippen LogP contribution in [0.25, 0.3) is 17.1 Å². The lowest BCUT2D eigenvalue weighted by atomic mass is 10.2. The number of methoxy groups -OCH3 is 2. The number of ether oxygens (including phenoxy) is 3. The average Bonchev–Trinajstić information content (AvgIpc) is 3.49. The molecule has 4 rings (SSSR count). The summed E-state index contributed by atoms with van der Waals surface area (Å²) >= 11 is 0. The lowest BCUT2D eigenvalue weighted by Gasteiger charge is -2.07. The third-order valence-electron chi connectivity index (χ3n) is 4.16. The third kappa shape index (κ3) is 3.81. The number of rotatable bonds is 7. The summed E-state index contributed by atoms with van der Waals surface area (Å²) in [7, 11) is 3.09. The van der Waals surface area contributed by atoms with E-state index in [0.717, 1.165) is 0 Å². The van der Waals surface area contributed by atoms with E-state index >= 15 is 0 Å². The number of tetrazole rings is 1. The molecule has 0 unspecified atom stereocenters. The van der Waals surface area contributed by atoms with Crippen LogP contribution in [0.1, 0.15) is 16.2 Å². The Bertz CT molecular complexity index is 1160. The molecule has 2 aromatic heterocycles. The average molecular weight is 408 g/mol. The smallest absolute Gasteiger partial charge is 0.340 e. The second kappa shape index (κ2) is 8.39. The molecular weight excluding hydrogens is 392 g/mol. The van der Waals surface area contributed by atoms with Crippen molar-refractivity contribution < 1.29 is 23.5 Å². The molecule has 0 fully saturated rings. The van der Waals surface area contributed by atoms with Crippen molar-refractivity contribution >= 4 is 5.97 Å². The zero-order valence-corrected chi connectivity index (χ0v) is 16.1. The van der Waals surface area contributed by atoms with Gasteiger partial charge in [0.05, 0.1) is 31.0 Å². The van der Waals surface area contributed by atoms with Crippen molar-refractivity contribution in [2.75, 3.05) is 14.2 Å². The van der Waals surface area contributed by atoms with Gasteiger partial charge >= 0.3 is 5.97 Å². The van der Waals surface area contributed by atoms with E-state index in [1.807, 2.05) is 0 Å². The minimum absolute atomic E-state index is 0.135. The first-order valence-electron chi connectivity index (χ1n) is 8.74. The van der Waals surface area contributed by atoms with Crippen molar-refractivity contribution in [1.82, 2.24) is 30.3 Å². The lowest BCUT2D eigenvalue weighted by molar-refractivity contribution is 0.0429. The van der Waals surface area contributed by atoms with Crippen LogP contribution in [0.3, 0.4) is 0 Å². The van der Waals surface area contributed by atoms with E-state index in [1.54, 1.807) is 49.6 Å².